The summed E-state index contributed by atoms with van der Waals surface area (Å²) in [6.07, 6.45) is 17.4. The van der Waals surface area contributed by atoms with Crippen molar-refractivity contribution in [2.45, 2.75) is 89.5 Å². The third kappa shape index (κ3) is 3.18. The molecule has 1 aromatic heterocycles. The fourth-order valence-electron chi connectivity index (χ4n) is 3.71. The van der Waals surface area contributed by atoms with Crippen LogP contribution in [0.15, 0.2) is 0 Å². The number of hydrogen-bond donors (Lipinski definition) is 0. The van der Waals surface area contributed by atoms with Crippen LogP contribution in [0.5, 0.6) is 0 Å². The van der Waals surface area contributed by atoms with E-state index in [9.17, 15) is 0 Å². The molecule has 0 N–H and O–H groups in total. The van der Waals surface area contributed by atoms with Crippen LogP contribution in [0.2, 0.25) is 0 Å². The molecule has 19 heavy (non-hydrogen) atoms. The Hall–Kier alpha value is -0.860. The fourth-order valence-corrected chi connectivity index (χ4v) is 3.71. The maximum absolute atomic E-state index is 4.54. The van der Waals surface area contributed by atoms with Gasteiger partial charge in [0.05, 0.1) is 17.4 Å². The predicted molar refractivity (Wildman–Crippen MR) is 77.3 cm³/mol. The summed E-state index contributed by atoms with van der Waals surface area (Å²) in [6, 6.07) is 0.635. The molecule has 3 nitrogen and oxygen atoms in total. The second-order valence-corrected chi connectivity index (χ2v) is 6.34. The molecule has 1 fully saturated rings. The highest BCUT2D eigenvalue weighted by Gasteiger charge is 2.21. The molecule has 0 unspecified atom stereocenters. The highest BCUT2D eigenvalue weighted by Crippen LogP contribution is 2.29. The van der Waals surface area contributed by atoms with Gasteiger partial charge in [-0.05, 0) is 38.5 Å². The van der Waals surface area contributed by atoms with Crippen molar-refractivity contribution < 1.29 is 0 Å². The number of rotatable bonds is 1. The van der Waals surface area contributed by atoms with E-state index in [1.807, 2.05) is 0 Å². The minimum absolute atomic E-state index is 0.635. The molecule has 0 aromatic carbocycles. The lowest BCUT2D eigenvalue weighted by atomic mass is 9.95. The molecule has 0 amide bonds. The van der Waals surface area contributed by atoms with E-state index < -0.39 is 0 Å². The van der Waals surface area contributed by atoms with E-state index in [1.54, 1.807) is 0 Å². The van der Waals surface area contributed by atoms with E-state index in [4.69, 9.17) is 0 Å². The maximum atomic E-state index is 4.54. The summed E-state index contributed by atoms with van der Waals surface area (Å²) >= 11 is 0. The Kier molecular flexibility index (Phi) is 4.52. The first-order valence-electron chi connectivity index (χ1n) is 8.38. The highest BCUT2D eigenvalue weighted by molar-refractivity contribution is 5.12. The summed E-state index contributed by atoms with van der Waals surface area (Å²) < 4.78 is 2.33. The van der Waals surface area contributed by atoms with E-state index in [1.165, 1.54) is 88.4 Å². The predicted octanol–water partition coefficient (Wildman–Crippen LogP) is 4.22. The lowest BCUT2D eigenvalue weighted by Crippen LogP contribution is -2.16. The van der Waals surface area contributed by atoms with Crippen LogP contribution in [0.3, 0.4) is 0 Å². The molecule has 106 valence electrons. The van der Waals surface area contributed by atoms with Gasteiger partial charge in [-0.15, -0.1) is 5.10 Å². The van der Waals surface area contributed by atoms with Crippen molar-refractivity contribution in [1.82, 2.24) is 15.0 Å². The van der Waals surface area contributed by atoms with Gasteiger partial charge in [-0.3, -0.25) is 0 Å². The Labute approximate surface area is 116 Å². The second kappa shape index (κ2) is 6.53. The first-order chi connectivity index (χ1) is 9.45. The largest absolute Gasteiger partial charge is 0.246 e. The smallest absolute Gasteiger partial charge is 0.0859 e. The molecule has 2 aliphatic carbocycles. The summed E-state index contributed by atoms with van der Waals surface area (Å²) in [5.74, 6) is 0. The third-order valence-electron chi connectivity index (χ3n) is 4.87. The van der Waals surface area contributed by atoms with Crippen molar-refractivity contribution in [3.05, 3.63) is 11.4 Å². The van der Waals surface area contributed by atoms with Gasteiger partial charge in [0.2, 0.25) is 0 Å². The van der Waals surface area contributed by atoms with E-state index >= 15 is 0 Å². The first-order valence-corrected chi connectivity index (χ1v) is 8.38. The lowest BCUT2D eigenvalue weighted by molar-refractivity contribution is 0.333. The minimum Gasteiger partial charge on any atom is -0.246 e. The maximum Gasteiger partial charge on any atom is 0.0859 e. The Morgan fingerprint density at radius 3 is 2.16 bits per heavy atom. The Morgan fingerprint density at radius 1 is 0.737 bits per heavy atom. The van der Waals surface area contributed by atoms with Crippen LogP contribution in [0, 0.1) is 0 Å². The zero-order valence-corrected chi connectivity index (χ0v) is 12.1. The van der Waals surface area contributed by atoms with Gasteiger partial charge in [-0.2, -0.15) is 0 Å². The van der Waals surface area contributed by atoms with Crippen LogP contribution in [0.1, 0.15) is 88.1 Å². The van der Waals surface area contributed by atoms with Crippen molar-refractivity contribution in [2.75, 3.05) is 0 Å². The van der Waals surface area contributed by atoms with E-state index in [-0.39, 0.29) is 0 Å². The Bertz CT molecular complexity index is 389. The van der Waals surface area contributed by atoms with E-state index in [2.05, 4.69) is 15.0 Å². The van der Waals surface area contributed by atoms with Gasteiger partial charge in [0, 0.05) is 0 Å². The highest BCUT2D eigenvalue weighted by atomic mass is 15.4. The number of hydrogen-bond acceptors (Lipinski definition) is 2. The summed E-state index contributed by atoms with van der Waals surface area (Å²) in [5.41, 5.74) is 2.78. The van der Waals surface area contributed by atoms with Gasteiger partial charge >= 0.3 is 0 Å². The van der Waals surface area contributed by atoms with Crippen molar-refractivity contribution in [2.24, 2.45) is 0 Å². The average Bonchev–Trinajstić information content (AvgIpc) is 2.70. The fraction of sp³-hybridized carbons (Fsp3) is 0.875. The molecule has 3 rings (SSSR count). The molecule has 0 aliphatic heterocycles. The average molecular weight is 261 g/mol. The topological polar surface area (TPSA) is 30.7 Å². The second-order valence-electron chi connectivity index (χ2n) is 6.34. The van der Waals surface area contributed by atoms with Gasteiger partial charge < -0.3 is 0 Å². The SMILES string of the molecule is C1CCCC(n2nnc3c2CCCCCC3)CCC1. The molecule has 0 atom stereocenters. The van der Waals surface area contributed by atoms with Gasteiger partial charge in [-0.1, -0.05) is 50.2 Å². The standard InChI is InChI=1S/C16H27N3/c1-2-6-10-14(11-7-3-1)19-16-13-9-5-4-8-12-15(16)17-18-19/h14H,1-13H2. The molecule has 1 saturated carbocycles. The van der Waals surface area contributed by atoms with Crippen LogP contribution in [-0.4, -0.2) is 15.0 Å². The summed E-state index contributed by atoms with van der Waals surface area (Å²) in [6.45, 7) is 0. The zero-order valence-electron chi connectivity index (χ0n) is 12.1. The van der Waals surface area contributed by atoms with Gasteiger partial charge in [0.15, 0.2) is 0 Å². The molecule has 0 spiro atoms. The Balaban J connectivity index is 1.78. The van der Waals surface area contributed by atoms with Crippen LogP contribution >= 0.6 is 0 Å². The molecule has 1 aromatic rings. The van der Waals surface area contributed by atoms with Crippen LogP contribution in [0.4, 0.5) is 0 Å². The normalized spacial score (nSPS) is 22.9. The lowest BCUT2D eigenvalue weighted by Gasteiger charge is -2.22. The van der Waals surface area contributed by atoms with E-state index in [0.29, 0.717) is 6.04 Å². The summed E-state index contributed by atoms with van der Waals surface area (Å²) in [4.78, 5) is 0. The van der Waals surface area contributed by atoms with Gasteiger partial charge in [0.1, 0.15) is 0 Å². The van der Waals surface area contributed by atoms with Gasteiger partial charge in [-0.25, -0.2) is 4.68 Å². The number of fused-ring (bicyclic) bond motifs is 1. The number of nitrogens with zero attached hydrogens (tertiary/aromatic N) is 3. The Morgan fingerprint density at radius 2 is 1.37 bits per heavy atom. The van der Waals surface area contributed by atoms with Crippen molar-refractivity contribution in [3.8, 4) is 0 Å². The summed E-state index contributed by atoms with van der Waals surface area (Å²) in [7, 11) is 0. The summed E-state index contributed by atoms with van der Waals surface area (Å²) in [5, 5.41) is 9.04. The molecule has 0 saturated heterocycles. The van der Waals surface area contributed by atoms with Crippen molar-refractivity contribution in [3.63, 3.8) is 0 Å². The zero-order chi connectivity index (χ0) is 12.9. The monoisotopic (exact) mass is 261 g/mol. The van der Waals surface area contributed by atoms with Crippen molar-refractivity contribution >= 4 is 0 Å². The van der Waals surface area contributed by atoms with Crippen LogP contribution in [-0.2, 0) is 12.8 Å². The number of aryl methyl sites for hydroxylation is 1. The number of aromatic nitrogens is 3. The van der Waals surface area contributed by atoms with Gasteiger partial charge in [0.25, 0.3) is 0 Å². The molecule has 0 radical (unpaired) electrons. The molecular formula is C16H27N3. The minimum atomic E-state index is 0.635. The molecule has 1 heterocycles. The van der Waals surface area contributed by atoms with E-state index in [0.717, 1.165) is 6.42 Å². The van der Waals surface area contributed by atoms with Crippen molar-refractivity contribution in [1.29, 1.82) is 0 Å². The third-order valence-corrected chi connectivity index (χ3v) is 4.87. The van der Waals surface area contributed by atoms with Crippen LogP contribution < -0.4 is 0 Å². The molecule has 3 heteroatoms. The quantitative estimate of drug-likeness (QED) is 0.757. The molecule has 2 aliphatic rings. The van der Waals surface area contributed by atoms with Crippen LogP contribution in [0.25, 0.3) is 0 Å². The molecule has 0 bridgehead atoms. The molecular weight excluding hydrogens is 234 g/mol. The first kappa shape index (κ1) is 13.1.